The van der Waals surface area contributed by atoms with Crippen molar-refractivity contribution in [1.29, 1.82) is 0 Å². The van der Waals surface area contributed by atoms with Gasteiger partial charge < -0.3 is 9.64 Å². The molecule has 0 radical (unpaired) electrons. The summed E-state index contributed by atoms with van der Waals surface area (Å²) >= 11 is 0. The predicted octanol–water partition coefficient (Wildman–Crippen LogP) is 1.52. The van der Waals surface area contributed by atoms with Crippen molar-refractivity contribution < 1.29 is 9.53 Å². The number of ether oxygens (including phenoxy) is 1. The highest BCUT2D eigenvalue weighted by atomic mass is 16.5. The lowest BCUT2D eigenvalue weighted by atomic mass is 9.84. The summed E-state index contributed by atoms with van der Waals surface area (Å²) in [6.45, 7) is 2.16. The van der Waals surface area contributed by atoms with Gasteiger partial charge in [-0.05, 0) is 31.6 Å². The molecule has 2 fully saturated rings. The van der Waals surface area contributed by atoms with Crippen LogP contribution in [-0.4, -0.2) is 56.0 Å². The summed E-state index contributed by atoms with van der Waals surface area (Å²) in [5.74, 6) is 0.427. The normalized spacial score (nSPS) is 22.2. The number of rotatable bonds is 3. The van der Waals surface area contributed by atoms with E-state index in [4.69, 9.17) is 4.74 Å². The van der Waals surface area contributed by atoms with Gasteiger partial charge in [-0.1, -0.05) is 0 Å². The van der Waals surface area contributed by atoms with E-state index in [0.717, 1.165) is 38.0 Å². The van der Waals surface area contributed by atoms with Gasteiger partial charge in [-0.3, -0.25) is 19.7 Å². The molecule has 4 rings (SSSR count). The molecule has 7 heteroatoms. The number of carbonyl (C=O) groups excluding carboxylic acids is 1. The Morgan fingerprint density at radius 2 is 1.88 bits per heavy atom. The number of likely N-dealkylation sites (tertiary alicyclic amines) is 1. The van der Waals surface area contributed by atoms with Crippen LogP contribution in [0.4, 0.5) is 0 Å². The van der Waals surface area contributed by atoms with Gasteiger partial charge in [0.1, 0.15) is 5.69 Å². The first-order chi connectivity index (χ1) is 12.2. The van der Waals surface area contributed by atoms with Crippen LogP contribution in [0.25, 0.3) is 0 Å². The third-order valence-corrected chi connectivity index (χ3v) is 5.14. The molecule has 2 aromatic rings. The highest BCUT2D eigenvalue weighted by molar-refractivity contribution is 5.92. The Balaban J connectivity index is 1.33. The lowest BCUT2D eigenvalue weighted by molar-refractivity contribution is -0.0392. The van der Waals surface area contributed by atoms with E-state index in [1.807, 2.05) is 11.1 Å². The average molecular weight is 339 g/mol. The van der Waals surface area contributed by atoms with E-state index in [2.05, 4.69) is 19.9 Å². The van der Waals surface area contributed by atoms with Gasteiger partial charge >= 0.3 is 0 Å². The largest absolute Gasteiger partial charge is 0.375 e. The molecule has 2 aromatic heterocycles. The molecule has 25 heavy (non-hydrogen) atoms. The van der Waals surface area contributed by atoms with Crippen LogP contribution in [0.1, 0.15) is 35.4 Å². The predicted molar refractivity (Wildman–Crippen MR) is 89.7 cm³/mol. The van der Waals surface area contributed by atoms with Crippen molar-refractivity contribution in [3.63, 3.8) is 0 Å². The molecule has 1 amide bonds. The van der Waals surface area contributed by atoms with Crippen molar-refractivity contribution in [2.75, 3.05) is 19.7 Å². The Bertz CT molecular complexity index is 717. The highest BCUT2D eigenvalue weighted by Crippen LogP contribution is 2.39. The lowest BCUT2D eigenvalue weighted by Gasteiger charge is -2.38. The topological polar surface area (TPSA) is 81.1 Å². The third-order valence-electron chi connectivity index (χ3n) is 5.14. The molecule has 0 aliphatic carbocycles. The summed E-state index contributed by atoms with van der Waals surface area (Å²) in [4.78, 5) is 30.9. The Morgan fingerprint density at radius 3 is 2.56 bits per heavy atom. The van der Waals surface area contributed by atoms with Crippen molar-refractivity contribution in [2.45, 2.75) is 31.3 Å². The van der Waals surface area contributed by atoms with Crippen LogP contribution in [0.2, 0.25) is 0 Å². The number of nitrogens with zero attached hydrogens (tertiary/aromatic N) is 5. The first-order valence-electron chi connectivity index (χ1n) is 8.68. The van der Waals surface area contributed by atoms with Crippen LogP contribution in [0, 0.1) is 5.92 Å². The van der Waals surface area contributed by atoms with Gasteiger partial charge in [-0.15, -0.1) is 0 Å². The number of hydrogen-bond acceptors (Lipinski definition) is 6. The fourth-order valence-corrected chi connectivity index (χ4v) is 3.84. The van der Waals surface area contributed by atoms with Gasteiger partial charge in [-0.2, -0.15) is 0 Å². The van der Waals surface area contributed by atoms with Gasteiger partial charge in [0.15, 0.2) is 0 Å². The van der Waals surface area contributed by atoms with Crippen LogP contribution in [-0.2, 0) is 11.2 Å². The Morgan fingerprint density at radius 1 is 1.12 bits per heavy atom. The maximum absolute atomic E-state index is 12.5. The second kappa shape index (κ2) is 6.84. The van der Waals surface area contributed by atoms with E-state index < -0.39 is 0 Å². The van der Waals surface area contributed by atoms with E-state index in [1.54, 1.807) is 24.8 Å². The van der Waals surface area contributed by atoms with Gasteiger partial charge in [-0.25, -0.2) is 4.98 Å². The fraction of sp³-hybridized carbons (Fsp3) is 0.500. The SMILES string of the molecule is O=C(c1cnccn1)N1CCC2(CC1)C[C@@H](Cc1cnccn1)CO2. The van der Waals surface area contributed by atoms with Crippen LogP contribution in [0.15, 0.2) is 37.2 Å². The number of carbonyl (C=O) groups is 1. The quantitative estimate of drug-likeness (QED) is 0.843. The third kappa shape index (κ3) is 3.51. The van der Waals surface area contributed by atoms with E-state index in [-0.39, 0.29) is 11.5 Å². The lowest BCUT2D eigenvalue weighted by Crippen LogP contribution is -2.46. The van der Waals surface area contributed by atoms with Gasteiger partial charge in [0.2, 0.25) is 0 Å². The molecule has 4 heterocycles. The summed E-state index contributed by atoms with van der Waals surface area (Å²) in [5.41, 5.74) is 1.33. The van der Waals surface area contributed by atoms with Crippen molar-refractivity contribution >= 4 is 5.91 Å². The van der Waals surface area contributed by atoms with E-state index in [0.29, 0.717) is 24.7 Å². The molecule has 0 unspecified atom stereocenters. The Hall–Kier alpha value is -2.41. The number of amides is 1. The van der Waals surface area contributed by atoms with Gasteiger partial charge in [0, 0.05) is 44.1 Å². The van der Waals surface area contributed by atoms with E-state index in [9.17, 15) is 4.79 Å². The number of aromatic nitrogens is 4. The molecule has 0 aromatic carbocycles. The molecule has 2 saturated heterocycles. The summed E-state index contributed by atoms with van der Waals surface area (Å²) in [5, 5.41) is 0. The molecule has 2 aliphatic rings. The summed E-state index contributed by atoms with van der Waals surface area (Å²) in [6, 6.07) is 0. The zero-order valence-corrected chi connectivity index (χ0v) is 14.0. The average Bonchev–Trinajstić information content (AvgIpc) is 3.05. The monoisotopic (exact) mass is 339 g/mol. The molecular weight excluding hydrogens is 318 g/mol. The second-order valence-electron chi connectivity index (χ2n) is 6.85. The molecule has 7 nitrogen and oxygen atoms in total. The first-order valence-corrected chi connectivity index (χ1v) is 8.68. The minimum atomic E-state index is -0.0912. The standard InChI is InChI=1S/C18H21N5O2/c24-17(16-12-20-4-6-22-16)23-7-1-18(2-8-23)10-14(13-25-18)9-15-11-19-3-5-21-15/h3-6,11-12,14H,1-2,7-10,13H2/t14-/m1/s1. The first kappa shape index (κ1) is 16.1. The summed E-state index contributed by atoms with van der Waals surface area (Å²) in [7, 11) is 0. The maximum Gasteiger partial charge on any atom is 0.274 e. The molecule has 0 bridgehead atoms. The molecule has 0 N–H and O–H groups in total. The molecular formula is C18H21N5O2. The van der Waals surface area contributed by atoms with Crippen molar-refractivity contribution in [3.05, 3.63) is 48.6 Å². The molecule has 1 atom stereocenters. The highest BCUT2D eigenvalue weighted by Gasteiger charge is 2.43. The zero-order chi connectivity index (χ0) is 17.1. The smallest absolute Gasteiger partial charge is 0.274 e. The van der Waals surface area contributed by atoms with Crippen LogP contribution in [0.5, 0.6) is 0 Å². The summed E-state index contributed by atoms with van der Waals surface area (Å²) in [6.07, 6.45) is 13.6. The molecule has 0 saturated carbocycles. The van der Waals surface area contributed by atoms with Crippen molar-refractivity contribution in [2.24, 2.45) is 5.92 Å². The van der Waals surface area contributed by atoms with Crippen LogP contribution >= 0.6 is 0 Å². The van der Waals surface area contributed by atoms with Crippen LogP contribution < -0.4 is 0 Å². The molecule has 2 aliphatic heterocycles. The van der Waals surface area contributed by atoms with Crippen molar-refractivity contribution in [3.8, 4) is 0 Å². The summed E-state index contributed by atoms with van der Waals surface area (Å²) < 4.78 is 6.19. The van der Waals surface area contributed by atoms with Gasteiger partial charge in [0.25, 0.3) is 5.91 Å². The van der Waals surface area contributed by atoms with E-state index in [1.165, 1.54) is 6.20 Å². The minimum Gasteiger partial charge on any atom is -0.375 e. The molecule has 1 spiro atoms. The van der Waals surface area contributed by atoms with Gasteiger partial charge in [0.05, 0.1) is 24.1 Å². The number of hydrogen-bond donors (Lipinski definition) is 0. The van der Waals surface area contributed by atoms with E-state index >= 15 is 0 Å². The maximum atomic E-state index is 12.5. The minimum absolute atomic E-state index is 0.0444. The zero-order valence-electron chi connectivity index (χ0n) is 14.0. The van der Waals surface area contributed by atoms with Crippen LogP contribution in [0.3, 0.4) is 0 Å². The Kier molecular flexibility index (Phi) is 4.40. The fourth-order valence-electron chi connectivity index (χ4n) is 3.84. The Labute approximate surface area is 146 Å². The molecule has 130 valence electrons. The number of piperidine rings is 1. The second-order valence-corrected chi connectivity index (χ2v) is 6.85. The van der Waals surface area contributed by atoms with Crippen molar-refractivity contribution in [1.82, 2.24) is 24.8 Å².